The molecule has 1 aromatic carbocycles. The van der Waals surface area contributed by atoms with Gasteiger partial charge in [0.2, 0.25) is 11.9 Å². The number of imidazole rings is 1. The van der Waals surface area contributed by atoms with Crippen molar-refractivity contribution >= 4 is 35.3 Å². The Morgan fingerprint density at radius 1 is 1.19 bits per heavy atom. The van der Waals surface area contributed by atoms with Crippen LogP contribution in [0.25, 0.3) is 5.69 Å². The molecule has 9 nitrogen and oxygen atoms in total. The molecule has 168 valence electrons. The molecular weight excluding hydrogens is 432 g/mol. The predicted molar refractivity (Wildman–Crippen MR) is 119 cm³/mol. The average molecular weight is 458 g/mol. The normalized spacial score (nSPS) is 21.1. The van der Waals surface area contributed by atoms with Crippen LogP contribution in [0.1, 0.15) is 17.4 Å². The highest BCUT2D eigenvalue weighted by molar-refractivity contribution is 6.30. The number of aromatic nitrogens is 2. The summed E-state index contributed by atoms with van der Waals surface area (Å²) in [4.78, 5) is 36.4. The van der Waals surface area contributed by atoms with Crippen molar-refractivity contribution in [3.63, 3.8) is 0 Å². The Bertz CT molecular complexity index is 1140. The van der Waals surface area contributed by atoms with Gasteiger partial charge in [-0.1, -0.05) is 22.7 Å². The number of morpholine rings is 1. The fourth-order valence-electron chi connectivity index (χ4n) is 4.63. The third-order valence-electron chi connectivity index (χ3n) is 6.52. The number of imide groups is 1. The van der Waals surface area contributed by atoms with E-state index in [1.807, 2.05) is 47.2 Å². The van der Waals surface area contributed by atoms with Crippen LogP contribution in [0, 0.1) is 13.8 Å². The molecular formula is C22H26ClN6O3+. The quantitative estimate of drug-likeness (QED) is 0.657. The second-order valence-corrected chi connectivity index (χ2v) is 8.75. The van der Waals surface area contributed by atoms with Gasteiger partial charge in [0.15, 0.2) is 0 Å². The van der Waals surface area contributed by atoms with Crippen molar-refractivity contribution in [2.45, 2.75) is 19.9 Å². The van der Waals surface area contributed by atoms with Gasteiger partial charge in [-0.2, -0.15) is 4.57 Å². The summed E-state index contributed by atoms with van der Waals surface area (Å²) in [6, 6.07) is 6.52. The van der Waals surface area contributed by atoms with Gasteiger partial charge in [-0.15, -0.1) is 0 Å². The highest BCUT2D eigenvalue weighted by atomic mass is 35.5. The predicted octanol–water partition coefficient (Wildman–Crippen LogP) is 1.85. The summed E-state index contributed by atoms with van der Waals surface area (Å²) in [7, 11) is 1.68. The Balaban J connectivity index is 1.51. The second-order valence-electron chi connectivity index (χ2n) is 8.31. The summed E-state index contributed by atoms with van der Waals surface area (Å²) in [5.41, 5.74) is 2.76. The third kappa shape index (κ3) is 3.23. The van der Waals surface area contributed by atoms with Crippen molar-refractivity contribution in [2.24, 2.45) is 4.99 Å². The number of rotatable bonds is 4. The van der Waals surface area contributed by atoms with E-state index in [9.17, 15) is 9.59 Å². The van der Waals surface area contributed by atoms with E-state index in [1.54, 1.807) is 7.05 Å². The minimum Gasteiger partial charge on any atom is -0.379 e. The molecule has 4 heterocycles. The Morgan fingerprint density at radius 3 is 2.66 bits per heavy atom. The lowest BCUT2D eigenvalue weighted by atomic mass is 10.1. The smallest absolute Gasteiger partial charge is 0.379 e. The molecule has 0 spiro atoms. The van der Waals surface area contributed by atoms with E-state index in [4.69, 9.17) is 21.3 Å². The van der Waals surface area contributed by atoms with Gasteiger partial charge < -0.3 is 4.74 Å². The molecule has 2 fully saturated rings. The fraction of sp³-hybridized carbons (Fsp3) is 0.455. The van der Waals surface area contributed by atoms with E-state index in [1.165, 1.54) is 9.80 Å². The van der Waals surface area contributed by atoms with Gasteiger partial charge in [-0.3, -0.25) is 19.5 Å². The summed E-state index contributed by atoms with van der Waals surface area (Å²) in [6.45, 7) is 7.91. The topological polar surface area (TPSA) is 74.3 Å². The van der Waals surface area contributed by atoms with Gasteiger partial charge in [0, 0.05) is 38.2 Å². The van der Waals surface area contributed by atoms with Crippen LogP contribution in [0.2, 0.25) is 5.02 Å². The number of benzene rings is 1. The Labute approximate surface area is 191 Å². The molecule has 3 aliphatic rings. The zero-order valence-electron chi connectivity index (χ0n) is 18.4. The maximum Gasteiger partial charge on any atom is 0.407 e. The molecule has 1 atom stereocenters. The van der Waals surface area contributed by atoms with E-state index >= 15 is 0 Å². The molecule has 2 aromatic rings. The van der Waals surface area contributed by atoms with E-state index < -0.39 is 6.04 Å². The number of likely N-dealkylation sites (N-methyl/N-ethyl adjacent to an activating group) is 1. The number of fused-ring (bicyclic) bond motifs is 3. The van der Waals surface area contributed by atoms with Crippen molar-refractivity contribution in [1.29, 1.82) is 0 Å². The first-order valence-electron chi connectivity index (χ1n) is 10.8. The number of carbonyl (C=O) groups is 2. The summed E-state index contributed by atoms with van der Waals surface area (Å²) in [5.74, 6) is 0.831. The highest BCUT2D eigenvalue weighted by Crippen LogP contribution is 2.33. The first kappa shape index (κ1) is 21.1. The minimum atomic E-state index is -0.656. The number of aliphatic imine (C=N–C) groups is 1. The SMILES string of the molecule is Cc1c(C)[n+]2c(n1-c1cccc(Cl)c1)N=C1C2C(=O)N(CCN2CCOCC2)C(=O)N1C. The second kappa shape index (κ2) is 7.99. The van der Waals surface area contributed by atoms with E-state index in [0.717, 1.165) is 30.2 Å². The fourth-order valence-corrected chi connectivity index (χ4v) is 4.82. The average Bonchev–Trinajstić information content (AvgIpc) is 3.28. The molecule has 0 radical (unpaired) electrons. The monoisotopic (exact) mass is 457 g/mol. The van der Waals surface area contributed by atoms with Crippen LogP contribution in [0.15, 0.2) is 29.3 Å². The highest BCUT2D eigenvalue weighted by Gasteiger charge is 2.54. The maximum absolute atomic E-state index is 13.6. The first-order valence-corrected chi connectivity index (χ1v) is 11.1. The zero-order valence-corrected chi connectivity index (χ0v) is 19.2. The molecule has 0 bridgehead atoms. The summed E-state index contributed by atoms with van der Waals surface area (Å²) in [5, 5.41) is 0.618. The number of amidine groups is 1. The standard InChI is InChI=1S/C22H26ClN6O3/c1-14-15(2)29-18-19(24-21(29)28(14)17-6-4-5-16(23)13-17)25(3)22(31)27(20(18)30)8-7-26-9-11-32-12-10-26/h4-6,13,18H,7-12H2,1-3H3/q+1. The van der Waals surface area contributed by atoms with E-state index in [0.29, 0.717) is 43.1 Å². The van der Waals surface area contributed by atoms with Crippen LogP contribution in [0.3, 0.4) is 0 Å². The number of nitrogens with zero attached hydrogens (tertiary/aromatic N) is 6. The number of hydrogen-bond donors (Lipinski definition) is 0. The molecule has 0 N–H and O–H groups in total. The van der Waals surface area contributed by atoms with Crippen molar-refractivity contribution < 1.29 is 18.9 Å². The molecule has 3 aliphatic heterocycles. The van der Waals surface area contributed by atoms with Gasteiger partial charge >= 0.3 is 12.0 Å². The van der Waals surface area contributed by atoms with Gasteiger partial charge in [0.05, 0.1) is 13.2 Å². The van der Waals surface area contributed by atoms with Crippen molar-refractivity contribution in [1.82, 2.24) is 19.3 Å². The summed E-state index contributed by atoms with van der Waals surface area (Å²) >= 11 is 6.23. The molecule has 2 saturated heterocycles. The van der Waals surface area contributed by atoms with Gasteiger partial charge in [-0.05, 0) is 32.0 Å². The summed E-state index contributed by atoms with van der Waals surface area (Å²) in [6.07, 6.45) is 0. The third-order valence-corrected chi connectivity index (χ3v) is 6.76. The molecule has 1 aromatic heterocycles. The molecule has 0 aliphatic carbocycles. The van der Waals surface area contributed by atoms with Crippen molar-refractivity contribution in [3.8, 4) is 5.69 Å². The lowest BCUT2D eigenvalue weighted by Crippen LogP contribution is -2.64. The Kier molecular flexibility index (Phi) is 5.27. The molecule has 1 unspecified atom stereocenters. The van der Waals surface area contributed by atoms with Crippen LogP contribution >= 0.6 is 11.6 Å². The summed E-state index contributed by atoms with van der Waals surface area (Å²) < 4.78 is 9.30. The number of halogens is 1. The van der Waals surface area contributed by atoms with Gasteiger partial charge in [0.25, 0.3) is 5.91 Å². The lowest BCUT2D eigenvalue weighted by molar-refractivity contribution is -0.682. The number of urea groups is 1. The van der Waals surface area contributed by atoms with Crippen molar-refractivity contribution in [2.75, 3.05) is 46.4 Å². The van der Waals surface area contributed by atoms with Crippen molar-refractivity contribution in [3.05, 3.63) is 40.7 Å². The first-order chi connectivity index (χ1) is 15.4. The van der Waals surface area contributed by atoms with Crippen LogP contribution < -0.4 is 4.57 Å². The number of hydrogen-bond acceptors (Lipinski definition) is 5. The Morgan fingerprint density at radius 2 is 1.94 bits per heavy atom. The molecule has 5 rings (SSSR count). The largest absolute Gasteiger partial charge is 0.407 e. The number of amides is 3. The Hall–Kier alpha value is -2.75. The molecule has 32 heavy (non-hydrogen) atoms. The molecule has 3 amide bonds. The van der Waals surface area contributed by atoms with Crippen LogP contribution in [0.5, 0.6) is 0 Å². The van der Waals surface area contributed by atoms with Crippen LogP contribution in [0.4, 0.5) is 10.7 Å². The maximum atomic E-state index is 13.6. The minimum absolute atomic E-state index is 0.241. The lowest BCUT2D eigenvalue weighted by Gasteiger charge is -2.35. The van der Waals surface area contributed by atoms with Crippen LogP contribution in [-0.2, 0) is 9.53 Å². The zero-order chi connectivity index (χ0) is 22.6. The molecule has 0 saturated carbocycles. The van der Waals surface area contributed by atoms with Gasteiger partial charge in [0.1, 0.15) is 17.1 Å². The number of carbonyl (C=O) groups excluding carboxylic acids is 2. The van der Waals surface area contributed by atoms with Crippen LogP contribution in [-0.4, -0.2) is 83.5 Å². The van der Waals surface area contributed by atoms with E-state index in [2.05, 4.69) is 4.90 Å². The molecule has 10 heteroatoms. The van der Waals surface area contributed by atoms with Gasteiger partial charge in [-0.25, -0.2) is 9.36 Å². The number of ether oxygens (including phenoxy) is 1. The van der Waals surface area contributed by atoms with E-state index in [-0.39, 0.29) is 11.9 Å².